The van der Waals surface area contributed by atoms with Crippen LogP contribution in [0.3, 0.4) is 0 Å². The first-order valence-electron chi connectivity index (χ1n) is 3.80. The molecule has 0 aliphatic carbocycles. The summed E-state index contributed by atoms with van der Waals surface area (Å²) in [6, 6.07) is 1.98. The van der Waals surface area contributed by atoms with Gasteiger partial charge in [-0.3, -0.25) is 0 Å². The molecule has 2 aromatic rings. The van der Waals surface area contributed by atoms with Crippen LogP contribution in [0.15, 0.2) is 20.5 Å². The maximum absolute atomic E-state index is 8.87. The number of hydrogen-bond acceptors (Lipinski definition) is 3. The molecular weight excluding hydrogens is 332 g/mol. The minimum absolute atomic E-state index is 0.0132. The quantitative estimate of drug-likeness (QED) is 0.884. The van der Waals surface area contributed by atoms with Crippen molar-refractivity contribution in [2.24, 2.45) is 0 Å². The zero-order chi connectivity index (χ0) is 10.1. The van der Waals surface area contributed by atoms with E-state index in [0.29, 0.717) is 0 Å². The summed E-state index contributed by atoms with van der Waals surface area (Å²) in [7, 11) is 0. The van der Waals surface area contributed by atoms with Gasteiger partial charge in [-0.25, -0.2) is 4.98 Å². The van der Waals surface area contributed by atoms with Gasteiger partial charge in [-0.05, 0) is 37.9 Å². The first-order chi connectivity index (χ1) is 6.70. The number of aliphatic hydroxyl groups excluding tert-OH is 1. The van der Waals surface area contributed by atoms with E-state index in [1.165, 1.54) is 0 Å². The van der Waals surface area contributed by atoms with Crippen molar-refractivity contribution < 1.29 is 5.11 Å². The molecule has 3 nitrogen and oxygen atoms in total. The number of nitrogens with zero attached hydrogens (tertiary/aromatic N) is 1. The van der Waals surface area contributed by atoms with Gasteiger partial charge < -0.3 is 10.1 Å². The molecule has 6 heteroatoms. The topological polar surface area (TPSA) is 48.9 Å². The highest BCUT2D eigenvalue weighted by molar-refractivity contribution is 9.13. The van der Waals surface area contributed by atoms with Crippen molar-refractivity contribution >= 4 is 43.2 Å². The van der Waals surface area contributed by atoms with Gasteiger partial charge in [0.05, 0.1) is 27.2 Å². The van der Waals surface area contributed by atoms with Crippen LogP contribution in [0.25, 0.3) is 10.7 Å². The summed E-state index contributed by atoms with van der Waals surface area (Å²) in [4.78, 5) is 8.22. The van der Waals surface area contributed by atoms with Crippen LogP contribution in [0.1, 0.15) is 5.69 Å². The fourth-order valence-corrected chi connectivity index (χ4v) is 3.02. The number of halogens is 2. The van der Waals surface area contributed by atoms with Crippen molar-refractivity contribution in [2.75, 3.05) is 0 Å². The standard InChI is InChI=1S/C8H6Br2N2OS/c9-5-1-6(14-7(5)10)8-11-2-4(3-13)12-8/h1-2,13H,3H2,(H,11,12). The summed E-state index contributed by atoms with van der Waals surface area (Å²) >= 11 is 8.41. The first kappa shape index (κ1) is 10.4. The highest BCUT2D eigenvalue weighted by Gasteiger charge is 2.09. The lowest BCUT2D eigenvalue weighted by molar-refractivity contribution is 0.277. The predicted molar refractivity (Wildman–Crippen MR) is 63.2 cm³/mol. The van der Waals surface area contributed by atoms with Gasteiger partial charge in [-0.2, -0.15) is 0 Å². The van der Waals surface area contributed by atoms with Crippen LogP contribution >= 0.6 is 43.2 Å². The molecule has 0 spiro atoms. The molecule has 74 valence electrons. The Labute approximate surface area is 101 Å². The molecule has 2 heterocycles. The van der Waals surface area contributed by atoms with Gasteiger partial charge in [0.15, 0.2) is 0 Å². The molecule has 2 N–H and O–H groups in total. The van der Waals surface area contributed by atoms with E-state index in [2.05, 4.69) is 41.8 Å². The average Bonchev–Trinajstić information content (AvgIpc) is 2.74. The van der Waals surface area contributed by atoms with E-state index in [-0.39, 0.29) is 6.61 Å². The van der Waals surface area contributed by atoms with Crippen LogP contribution in [-0.2, 0) is 6.61 Å². The third-order valence-corrected chi connectivity index (χ3v) is 4.94. The predicted octanol–water partition coefficient (Wildman–Crippen LogP) is 3.16. The van der Waals surface area contributed by atoms with E-state index in [9.17, 15) is 0 Å². The lowest BCUT2D eigenvalue weighted by Crippen LogP contribution is -1.80. The fourth-order valence-electron chi connectivity index (χ4n) is 1.03. The maximum Gasteiger partial charge on any atom is 0.147 e. The summed E-state index contributed by atoms with van der Waals surface area (Å²) in [6.07, 6.45) is 1.64. The molecule has 0 unspecified atom stereocenters. The summed E-state index contributed by atoms with van der Waals surface area (Å²) in [6.45, 7) is -0.0132. The van der Waals surface area contributed by atoms with Gasteiger partial charge in [-0.1, -0.05) is 0 Å². The minimum Gasteiger partial charge on any atom is -0.390 e. The number of hydrogen-bond donors (Lipinski definition) is 2. The monoisotopic (exact) mass is 336 g/mol. The summed E-state index contributed by atoms with van der Waals surface area (Å²) in [5, 5.41) is 8.87. The number of H-pyrrole nitrogens is 1. The summed E-state index contributed by atoms with van der Waals surface area (Å²) in [5.41, 5.74) is 0.723. The number of aromatic nitrogens is 2. The molecule has 0 atom stereocenters. The number of aromatic amines is 1. The van der Waals surface area contributed by atoms with E-state index in [4.69, 9.17) is 5.11 Å². The Morgan fingerprint density at radius 1 is 1.50 bits per heavy atom. The molecule has 0 bridgehead atoms. The Balaban J connectivity index is 2.39. The fraction of sp³-hybridized carbons (Fsp3) is 0.125. The molecule has 14 heavy (non-hydrogen) atoms. The number of rotatable bonds is 2. The third kappa shape index (κ3) is 1.93. The molecule has 0 aliphatic rings. The Hall–Kier alpha value is -0.170. The van der Waals surface area contributed by atoms with E-state index in [1.807, 2.05) is 6.07 Å². The first-order valence-corrected chi connectivity index (χ1v) is 6.21. The van der Waals surface area contributed by atoms with Crippen molar-refractivity contribution in [3.8, 4) is 10.7 Å². The van der Waals surface area contributed by atoms with Crippen LogP contribution in [0.5, 0.6) is 0 Å². The molecular formula is C8H6Br2N2OS. The van der Waals surface area contributed by atoms with Gasteiger partial charge >= 0.3 is 0 Å². The van der Waals surface area contributed by atoms with Crippen LogP contribution in [0.2, 0.25) is 0 Å². The van der Waals surface area contributed by atoms with Gasteiger partial charge in [0, 0.05) is 4.47 Å². The molecule has 0 radical (unpaired) electrons. The SMILES string of the molecule is OCc1cnc(-c2cc(Br)c(Br)s2)[nH]1. The maximum atomic E-state index is 8.87. The number of aliphatic hydroxyl groups is 1. The highest BCUT2D eigenvalue weighted by atomic mass is 79.9. The Kier molecular flexibility index (Phi) is 3.06. The lowest BCUT2D eigenvalue weighted by atomic mass is 10.4. The molecule has 0 saturated heterocycles. The van der Waals surface area contributed by atoms with Gasteiger partial charge in [0.2, 0.25) is 0 Å². The molecule has 2 aromatic heterocycles. The van der Waals surface area contributed by atoms with E-state index >= 15 is 0 Å². The van der Waals surface area contributed by atoms with Gasteiger partial charge in [0.1, 0.15) is 5.82 Å². The minimum atomic E-state index is -0.0132. The van der Waals surface area contributed by atoms with E-state index < -0.39 is 0 Å². The van der Waals surface area contributed by atoms with Crippen molar-refractivity contribution in [1.29, 1.82) is 0 Å². The smallest absolute Gasteiger partial charge is 0.147 e. The second-order valence-corrected chi connectivity index (χ2v) is 5.87. The number of nitrogens with one attached hydrogen (secondary N) is 1. The molecule has 2 rings (SSSR count). The Bertz CT molecular complexity index is 432. The van der Waals surface area contributed by atoms with Crippen molar-refractivity contribution in [3.05, 3.63) is 26.2 Å². The number of imidazole rings is 1. The van der Waals surface area contributed by atoms with Crippen molar-refractivity contribution in [1.82, 2.24) is 9.97 Å². The van der Waals surface area contributed by atoms with Crippen LogP contribution < -0.4 is 0 Å². The average molecular weight is 338 g/mol. The van der Waals surface area contributed by atoms with Crippen LogP contribution in [0.4, 0.5) is 0 Å². The highest BCUT2D eigenvalue weighted by Crippen LogP contribution is 2.36. The molecule has 0 amide bonds. The molecule has 0 fully saturated rings. The van der Waals surface area contributed by atoms with Crippen LogP contribution in [0, 0.1) is 0 Å². The largest absolute Gasteiger partial charge is 0.390 e. The van der Waals surface area contributed by atoms with E-state index in [0.717, 1.165) is 24.7 Å². The Morgan fingerprint density at radius 3 is 2.79 bits per heavy atom. The normalized spacial score (nSPS) is 10.8. The van der Waals surface area contributed by atoms with Crippen LogP contribution in [-0.4, -0.2) is 15.1 Å². The zero-order valence-electron chi connectivity index (χ0n) is 6.92. The third-order valence-electron chi connectivity index (χ3n) is 1.68. The second kappa shape index (κ2) is 4.14. The van der Waals surface area contributed by atoms with E-state index in [1.54, 1.807) is 17.5 Å². The van der Waals surface area contributed by atoms with Gasteiger partial charge in [-0.15, -0.1) is 11.3 Å². The lowest BCUT2D eigenvalue weighted by Gasteiger charge is -1.88. The molecule has 0 saturated carbocycles. The Morgan fingerprint density at radius 2 is 2.29 bits per heavy atom. The zero-order valence-corrected chi connectivity index (χ0v) is 10.9. The summed E-state index contributed by atoms with van der Waals surface area (Å²) in [5.74, 6) is 0.783. The second-order valence-electron chi connectivity index (χ2n) is 2.65. The summed E-state index contributed by atoms with van der Waals surface area (Å²) < 4.78 is 2.05. The van der Waals surface area contributed by atoms with Crippen molar-refractivity contribution in [2.45, 2.75) is 6.61 Å². The molecule has 0 aromatic carbocycles. The number of thiophene rings is 1. The van der Waals surface area contributed by atoms with Crippen molar-refractivity contribution in [3.63, 3.8) is 0 Å². The van der Waals surface area contributed by atoms with Gasteiger partial charge in [0.25, 0.3) is 0 Å². The molecule has 0 aliphatic heterocycles.